The Hall–Kier alpha value is -1.32. The molecule has 0 bridgehead atoms. The lowest BCUT2D eigenvalue weighted by Crippen LogP contribution is -2.21. The lowest BCUT2D eigenvalue weighted by atomic mass is 10.0. The molecule has 3 heteroatoms. The van der Waals surface area contributed by atoms with Gasteiger partial charge < -0.3 is 10.5 Å². The van der Waals surface area contributed by atoms with E-state index in [-0.39, 0.29) is 6.04 Å². The molecule has 2 N–H and O–H groups in total. The van der Waals surface area contributed by atoms with Crippen LogP contribution in [0.4, 0.5) is 0 Å². The van der Waals surface area contributed by atoms with Crippen molar-refractivity contribution in [1.29, 1.82) is 0 Å². The van der Waals surface area contributed by atoms with Crippen LogP contribution in [0.3, 0.4) is 0 Å². The molecule has 2 rings (SSSR count). The van der Waals surface area contributed by atoms with E-state index in [1.807, 2.05) is 24.3 Å². The summed E-state index contributed by atoms with van der Waals surface area (Å²) in [4.78, 5) is 0. The maximum atomic E-state index is 6.02. The van der Waals surface area contributed by atoms with Crippen LogP contribution >= 0.6 is 15.9 Å². The van der Waals surface area contributed by atoms with Gasteiger partial charge in [0, 0.05) is 6.04 Å². The van der Waals surface area contributed by atoms with Crippen LogP contribution in [-0.4, -0.2) is 6.04 Å². The van der Waals surface area contributed by atoms with Gasteiger partial charge in [-0.2, -0.15) is 0 Å². The van der Waals surface area contributed by atoms with Crippen molar-refractivity contribution in [2.75, 3.05) is 0 Å². The Labute approximate surface area is 129 Å². The van der Waals surface area contributed by atoms with Gasteiger partial charge >= 0.3 is 0 Å². The van der Waals surface area contributed by atoms with E-state index >= 15 is 0 Å². The fraction of sp³-hybridized carbons (Fsp3) is 0.294. The van der Waals surface area contributed by atoms with Gasteiger partial charge in [0.25, 0.3) is 0 Å². The molecular weight excluding hydrogens is 314 g/mol. The molecule has 0 aromatic heterocycles. The van der Waals surface area contributed by atoms with E-state index in [4.69, 9.17) is 10.5 Å². The first-order chi connectivity index (χ1) is 9.60. The Morgan fingerprint density at radius 2 is 1.90 bits per heavy atom. The third-order valence-electron chi connectivity index (χ3n) is 3.33. The average Bonchev–Trinajstić information content (AvgIpc) is 2.44. The first-order valence-electron chi connectivity index (χ1n) is 6.87. The lowest BCUT2D eigenvalue weighted by Gasteiger charge is -2.13. The van der Waals surface area contributed by atoms with Gasteiger partial charge in [-0.15, -0.1) is 0 Å². The van der Waals surface area contributed by atoms with E-state index in [1.165, 1.54) is 5.56 Å². The number of para-hydroxylation sites is 1. The van der Waals surface area contributed by atoms with E-state index < -0.39 is 0 Å². The van der Waals surface area contributed by atoms with Crippen molar-refractivity contribution in [2.24, 2.45) is 5.73 Å². The molecule has 0 spiro atoms. The van der Waals surface area contributed by atoms with Gasteiger partial charge in [-0.1, -0.05) is 31.2 Å². The second-order valence-electron chi connectivity index (χ2n) is 5.00. The van der Waals surface area contributed by atoms with Crippen LogP contribution in [0.5, 0.6) is 11.5 Å². The van der Waals surface area contributed by atoms with Gasteiger partial charge in [0.15, 0.2) is 0 Å². The molecule has 0 saturated carbocycles. The van der Waals surface area contributed by atoms with Crippen molar-refractivity contribution in [3.63, 3.8) is 0 Å². The molecular formula is C17H20BrNO. The highest BCUT2D eigenvalue weighted by Gasteiger charge is 2.08. The quantitative estimate of drug-likeness (QED) is 0.850. The Morgan fingerprint density at radius 1 is 1.15 bits per heavy atom. The number of aryl methyl sites for hydroxylation is 1. The van der Waals surface area contributed by atoms with Crippen LogP contribution in [0.25, 0.3) is 0 Å². The molecule has 0 aliphatic heterocycles. The van der Waals surface area contributed by atoms with E-state index in [0.29, 0.717) is 0 Å². The maximum absolute atomic E-state index is 6.02. The van der Waals surface area contributed by atoms with Crippen molar-refractivity contribution < 1.29 is 4.74 Å². The molecule has 2 aromatic rings. The molecule has 0 saturated heterocycles. The summed E-state index contributed by atoms with van der Waals surface area (Å²) in [5.74, 6) is 1.71. The summed E-state index contributed by atoms with van der Waals surface area (Å²) in [6.45, 7) is 4.16. The second-order valence-corrected chi connectivity index (χ2v) is 5.86. The molecule has 0 aliphatic rings. The van der Waals surface area contributed by atoms with Gasteiger partial charge in [0.05, 0.1) is 4.47 Å². The number of hydrogen-bond donors (Lipinski definition) is 1. The lowest BCUT2D eigenvalue weighted by molar-refractivity contribution is 0.474. The van der Waals surface area contributed by atoms with Gasteiger partial charge in [0.2, 0.25) is 0 Å². The summed E-state index contributed by atoms with van der Waals surface area (Å²) in [5.41, 5.74) is 8.36. The molecule has 0 radical (unpaired) electrons. The fourth-order valence-electron chi connectivity index (χ4n) is 1.97. The number of benzene rings is 2. The van der Waals surface area contributed by atoms with Gasteiger partial charge in [-0.3, -0.25) is 0 Å². The third kappa shape index (κ3) is 3.84. The topological polar surface area (TPSA) is 35.2 Å². The van der Waals surface area contributed by atoms with Crippen molar-refractivity contribution in [2.45, 2.75) is 32.7 Å². The Bertz CT molecular complexity index is 583. The Morgan fingerprint density at radius 3 is 2.60 bits per heavy atom. The summed E-state index contributed by atoms with van der Waals surface area (Å²) >= 11 is 3.50. The van der Waals surface area contributed by atoms with E-state index in [9.17, 15) is 0 Å². The zero-order valence-electron chi connectivity index (χ0n) is 11.9. The molecule has 20 heavy (non-hydrogen) atoms. The Balaban J connectivity index is 2.23. The molecule has 0 aliphatic carbocycles. The molecule has 2 nitrogen and oxygen atoms in total. The highest BCUT2D eigenvalue weighted by atomic mass is 79.9. The highest BCUT2D eigenvalue weighted by molar-refractivity contribution is 9.10. The van der Waals surface area contributed by atoms with Crippen molar-refractivity contribution in [1.82, 2.24) is 0 Å². The van der Waals surface area contributed by atoms with Crippen LogP contribution in [0, 0.1) is 6.92 Å². The minimum absolute atomic E-state index is 0.203. The zero-order valence-corrected chi connectivity index (χ0v) is 13.5. The van der Waals surface area contributed by atoms with Crippen LogP contribution in [0.1, 0.15) is 24.5 Å². The number of ether oxygens (including phenoxy) is 1. The number of nitrogens with two attached hydrogens (primary N) is 1. The normalized spacial score (nSPS) is 12.2. The van der Waals surface area contributed by atoms with Crippen LogP contribution < -0.4 is 10.5 Å². The van der Waals surface area contributed by atoms with Crippen LogP contribution in [0.15, 0.2) is 46.9 Å². The molecule has 106 valence electrons. The molecule has 0 fully saturated rings. The van der Waals surface area contributed by atoms with E-state index in [1.54, 1.807) is 0 Å². The summed E-state index contributed by atoms with van der Waals surface area (Å²) in [7, 11) is 0. The largest absolute Gasteiger partial charge is 0.456 e. The molecule has 0 amide bonds. The molecule has 0 heterocycles. The van der Waals surface area contributed by atoms with Gasteiger partial charge in [0.1, 0.15) is 11.5 Å². The molecule has 1 unspecified atom stereocenters. The van der Waals surface area contributed by atoms with Crippen molar-refractivity contribution in [3.8, 4) is 11.5 Å². The summed E-state index contributed by atoms with van der Waals surface area (Å²) in [6, 6.07) is 14.4. The molecule has 1 atom stereocenters. The van der Waals surface area contributed by atoms with Crippen molar-refractivity contribution >= 4 is 15.9 Å². The predicted molar refractivity (Wildman–Crippen MR) is 87.4 cm³/mol. The fourth-order valence-corrected chi connectivity index (χ4v) is 2.34. The number of halogens is 1. The van der Waals surface area contributed by atoms with Crippen LogP contribution in [-0.2, 0) is 6.42 Å². The van der Waals surface area contributed by atoms with Gasteiger partial charge in [-0.05, 0) is 65.0 Å². The first-order valence-corrected chi connectivity index (χ1v) is 7.67. The maximum Gasteiger partial charge on any atom is 0.141 e. The predicted octanol–water partition coefficient (Wildman–Crippen LogP) is 4.83. The van der Waals surface area contributed by atoms with Gasteiger partial charge in [-0.25, -0.2) is 0 Å². The minimum Gasteiger partial charge on any atom is -0.456 e. The summed E-state index contributed by atoms with van der Waals surface area (Å²) in [5, 5.41) is 0. The minimum atomic E-state index is 0.203. The smallest absolute Gasteiger partial charge is 0.141 e. The van der Waals surface area contributed by atoms with Crippen molar-refractivity contribution in [3.05, 3.63) is 58.1 Å². The SMILES string of the molecule is CCC(N)Cc1ccc(C)c(Oc2ccccc2Br)c1. The standard InChI is InChI=1S/C17H20BrNO/c1-3-14(19)10-13-9-8-12(2)17(11-13)20-16-7-5-4-6-15(16)18/h4-9,11,14H,3,10,19H2,1-2H3. The summed E-state index contributed by atoms with van der Waals surface area (Å²) in [6.07, 6.45) is 1.86. The number of hydrogen-bond acceptors (Lipinski definition) is 2. The van der Waals surface area contributed by atoms with E-state index in [2.05, 4.69) is 48.0 Å². The average molecular weight is 334 g/mol. The van der Waals surface area contributed by atoms with Crippen LogP contribution in [0.2, 0.25) is 0 Å². The molecule has 2 aromatic carbocycles. The monoisotopic (exact) mass is 333 g/mol. The number of rotatable bonds is 5. The summed E-state index contributed by atoms with van der Waals surface area (Å²) < 4.78 is 6.96. The second kappa shape index (κ2) is 6.91. The first kappa shape index (κ1) is 15.1. The van der Waals surface area contributed by atoms with E-state index in [0.717, 1.165) is 34.4 Å². The highest BCUT2D eigenvalue weighted by Crippen LogP contribution is 2.31. The third-order valence-corrected chi connectivity index (χ3v) is 3.99. The zero-order chi connectivity index (χ0) is 14.5. The Kier molecular flexibility index (Phi) is 5.21.